The van der Waals surface area contributed by atoms with Crippen molar-refractivity contribution in [2.75, 3.05) is 6.26 Å². The molecule has 2 unspecified atom stereocenters. The average molecular weight is 260 g/mol. The van der Waals surface area contributed by atoms with E-state index in [1.807, 2.05) is 18.4 Å². The Hall–Kier alpha value is -1.29. The van der Waals surface area contributed by atoms with Crippen LogP contribution in [0.25, 0.3) is 0 Å². The first-order valence-electron chi connectivity index (χ1n) is 6.29. The van der Waals surface area contributed by atoms with Crippen molar-refractivity contribution >= 4 is 17.7 Å². The first kappa shape index (κ1) is 11.8. The molecule has 0 radical (unpaired) electrons. The second kappa shape index (κ2) is 4.76. The molecule has 1 amide bonds. The van der Waals surface area contributed by atoms with E-state index in [1.165, 1.54) is 11.8 Å². The summed E-state index contributed by atoms with van der Waals surface area (Å²) in [5.74, 6) is 0.143. The first-order chi connectivity index (χ1) is 8.81. The van der Waals surface area contributed by atoms with E-state index >= 15 is 0 Å². The van der Waals surface area contributed by atoms with Crippen molar-refractivity contribution in [1.82, 2.24) is 9.88 Å². The number of nitrogens with zero attached hydrogens (tertiary/aromatic N) is 2. The van der Waals surface area contributed by atoms with Gasteiger partial charge in [0.1, 0.15) is 5.03 Å². The number of thioether (sulfide) groups is 1. The number of carbonyl (C=O) groups excluding carboxylic acids is 1. The summed E-state index contributed by atoms with van der Waals surface area (Å²) in [6.07, 6.45) is 11.3. The normalized spacial score (nSPS) is 25.5. The summed E-state index contributed by atoms with van der Waals surface area (Å²) in [6, 6.07) is 4.42. The van der Waals surface area contributed by atoms with Crippen molar-refractivity contribution in [2.45, 2.75) is 36.4 Å². The van der Waals surface area contributed by atoms with Gasteiger partial charge in [0.15, 0.2) is 0 Å². The van der Waals surface area contributed by atoms with Gasteiger partial charge in [0.25, 0.3) is 5.91 Å². The molecule has 2 aliphatic heterocycles. The number of fused-ring (bicyclic) bond motifs is 2. The van der Waals surface area contributed by atoms with Crippen LogP contribution in [0.5, 0.6) is 0 Å². The van der Waals surface area contributed by atoms with Gasteiger partial charge in [0, 0.05) is 12.2 Å². The number of hydrogen-bond donors (Lipinski definition) is 0. The molecule has 18 heavy (non-hydrogen) atoms. The van der Waals surface area contributed by atoms with E-state index in [4.69, 9.17) is 0 Å². The van der Waals surface area contributed by atoms with Crippen LogP contribution in [0.1, 0.15) is 29.6 Å². The summed E-state index contributed by atoms with van der Waals surface area (Å²) >= 11 is 1.53. The highest BCUT2D eigenvalue weighted by Gasteiger charge is 2.38. The van der Waals surface area contributed by atoms with Gasteiger partial charge >= 0.3 is 0 Å². The van der Waals surface area contributed by atoms with Crippen LogP contribution in [-0.4, -0.2) is 34.1 Å². The highest BCUT2D eigenvalue weighted by molar-refractivity contribution is 7.98. The lowest BCUT2D eigenvalue weighted by Crippen LogP contribution is -2.42. The Labute approximate surface area is 111 Å². The summed E-state index contributed by atoms with van der Waals surface area (Å²) in [5.41, 5.74) is 0.747. The van der Waals surface area contributed by atoms with Crippen molar-refractivity contribution in [3.8, 4) is 0 Å². The SMILES string of the molecule is CSc1ncccc1C(=O)N1C2C=CCC1CC2. The second-order valence-electron chi connectivity index (χ2n) is 4.74. The van der Waals surface area contributed by atoms with Crippen LogP contribution < -0.4 is 0 Å². The van der Waals surface area contributed by atoms with Crippen LogP contribution in [0.15, 0.2) is 35.5 Å². The molecule has 1 fully saturated rings. The van der Waals surface area contributed by atoms with E-state index < -0.39 is 0 Å². The van der Waals surface area contributed by atoms with Gasteiger partial charge in [0.2, 0.25) is 0 Å². The Balaban J connectivity index is 1.93. The van der Waals surface area contributed by atoms with Gasteiger partial charge in [-0.2, -0.15) is 0 Å². The van der Waals surface area contributed by atoms with Crippen molar-refractivity contribution in [3.63, 3.8) is 0 Å². The zero-order chi connectivity index (χ0) is 12.5. The summed E-state index contributed by atoms with van der Waals surface area (Å²) in [6.45, 7) is 0. The molecule has 3 rings (SSSR count). The van der Waals surface area contributed by atoms with E-state index in [2.05, 4.69) is 22.0 Å². The van der Waals surface area contributed by atoms with Crippen LogP contribution in [-0.2, 0) is 0 Å². The standard InChI is InChI=1S/C14H16N2OS/c1-18-13-12(6-3-9-15-13)14(17)16-10-4-2-5-11(16)8-7-10/h2-4,6,9-11H,5,7-8H2,1H3. The van der Waals surface area contributed by atoms with E-state index in [0.717, 1.165) is 29.9 Å². The molecule has 94 valence electrons. The molecule has 2 bridgehead atoms. The molecule has 1 aromatic heterocycles. The molecule has 1 saturated heterocycles. The third kappa shape index (κ3) is 1.85. The molecule has 1 aromatic rings. The Morgan fingerprint density at radius 1 is 1.50 bits per heavy atom. The van der Waals surface area contributed by atoms with Crippen molar-refractivity contribution in [2.24, 2.45) is 0 Å². The fourth-order valence-corrected chi connectivity index (χ4v) is 3.44. The molecule has 2 atom stereocenters. The molecule has 0 aromatic carbocycles. The van der Waals surface area contributed by atoms with Gasteiger partial charge in [-0.3, -0.25) is 4.79 Å². The minimum atomic E-state index is 0.143. The molecule has 4 heteroatoms. The van der Waals surface area contributed by atoms with Gasteiger partial charge in [0.05, 0.1) is 11.6 Å². The third-order valence-corrected chi connectivity index (χ3v) is 4.45. The Morgan fingerprint density at radius 3 is 3.17 bits per heavy atom. The van der Waals surface area contributed by atoms with Crippen LogP contribution in [0.4, 0.5) is 0 Å². The van der Waals surface area contributed by atoms with Gasteiger partial charge in [-0.15, -0.1) is 11.8 Å². The molecule has 2 aliphatic rings. The minimum Gasteiger partial charge on any atom is -0.329 e. The highest BCUT2D eigenvalue weighted by Crippen LogP contribution is 2.33. The van der Waals surface area contributed by atoms with Crippen LogP contribution >= 0.6 is 11.8 Å². The molecule has 0 aliphatic carbocycles. The molecule has 0 N–H and O–H groups in total. The van der Waals surface area contributed by atoms with E-state index in [1.54, 1.807) is 6.20 Å². The number of pyridine rings is 1. The summed E-state index contributed by atoms with van der Waals surface area (Å²) < 4.78 is 0. The molecular formula is C14H16N2OS. The van der Waals surface area contributed by atoms with Gasteiger partial charge < -0.3 is 4.90 Å². The zero-order valence-corrected chi connectivity index (χ0v) is 11.2. The fraction of sp³-hybridized carbons (Fsp3) is 0.429. The van der Waals surface area contributed by atoms with Gasteiger partial charge in [-0.25, -0.2) is 4.98 Å². The van der Waals surface area contributed by atoms with E-state index in [-0.39, 0.29) is 5.91 Å². The topological polar surface area (TPSA) is 33.2 Å². The monoisotopic (exact) mass is 260 g/mol. The number of hydrogen-bond acceptors (Lipinski definition) is 3. The largest absolute Gasteiger partial charge is 0.329 e. The predicted octanol–water partition coefficient (Wildman–Crippen LogP) is 2.74. The fourth-order valence-electron chi connectivity index (χ4n) is 2.90. The van der Waals surface area contributed by atoms with Crippen LogP contribution in [0.2, 0.25) is 0 Å². The number of carbonyl (C=O) groups is 1. The first-order valence-corrected chi connectivity index (χ1v) is 7.52. The molecule has 3 heterocycles. The van der Waals surface area contributed by atoms with Crippen molar-refractivity contribution < 1.29 is 4.79 Å². The highest BCUT2D eigenvalue weighted by atomic mass is 32.2. The lowest BCUT2D eigenvalue weighted by atomic mass is 10.1. The summed E-state index contributed by atoms with van der Waals surface area (Å²) in [7, 11) is 0. The van der Waals surface area contributed by atoms with Crippen LogP contribution in [0, 0.1) is 0 Å². The number of rotatable bonds is 2. The van der Waals surface area contributed by atoms with Crippen LogP contribution in [0.3, 0.4) is 0 Å². The lowest BCUT2D eigenvalue weighted by molar-refractivity contribution is 0.0684. The maximum absolute atomic E-state index is 12.7. The minimum absolute atomic E-state index is 0.143. The lowest BCUT2D eigenvalue weighted by Gasteiger charge is -2.31. The van der Waals surface area contributed by atoms with Gasteiger partial charge in [-0.05, 0) is 37.7 Å². The second-order valence-corrected chi connectivity index (χ2v) is 5.53. The smallest absolute Gasteiger partial charge is 0.257 e. The Morgan fingerprint density at radius 2 is 2.39 bits per heavy atom. The number of aromatic nitrogens is 1. The molecule has 0 saturated carbocycles. The van der Waals surface area contributed by atoms with E-state index in [9.17, 15) is 4.79 Å². The van der Waals surface area contributed by atoms with Crippen molar-refractivity contribution in [3.05, 3.63) is 36.0 Å². The summed E-state index contributed by atoms with van der Waals surface area (Å²) in [5, 5.41) is 0.830. The number of amides is 1. The molecule has 3 nitrogen and oxygen atoms in total. The zero-order valence-electron chi connectivity index (χ0n) is 10.4. The molecule has 0 spiro atoms. The summed E-state index contributed by atoms with van der Waals surface area (Å²) in [4.78, 5) is 19.0. The Bertz CT molecular complexity index is 500. The van der Waals surface area contributed by atoms with Gasteiger partial charge in [-0.1, -0.05) is 12.2 Å². The molecular weight excluding hydrogens is 244 g/mol. The maximum Gasteiger partial charge on any atom is 0.257 e. The average Bonchev–Trinajstić information content (AvgIpc) is 2.67. The Kier molecular flexibility index (Phi) is 3.12. The van der Waals surface area contributed by atoms with Crippen molar-refractivity contribution in [1.29, 1.82) is 0 Å². The van der Waals surface area contributed by atoms with E-state index in [0.29, 0.717) is 12.1 Å². The maximum atomic E-state index is 12.7. The predicted molar refractivity (Wildman–Crippen MR) is 72.8 cm³/mol. The third-order valence-electron chi connectivity index (χ3n) is 3.74. The quantitative estimate of drug-likeness (QED) is 0.605.